The number of pyridine rings is 1. The minimum Gasteiger partial charge on any atom is -0.287 e. The van der Waals surface area contributed by atoms with Crippen LogP contribution in [-0.4, -0.2) is 11.9 Å². The molecule has 0 spiro atoms. The van der Waals surface area contributed by atoms with E-state index in [1.807, 2.05) is 71.4 Å². The number of halogens is 20. The van der Waals surface area contributed by atoms with E-state index in [4.69, 9.17) is 0 Å². The molecular weight excluding hydrogens is 945 g/mol. The fraction of sp³-hybridized carbons (Fsp3) is 0.0244. The molecule has 0 saturated heterocycles. The normalized spacial score (nSPS) is 11.6. The zero-order valence-electron chi connectivity index (χ0n) is 31.0. The Kier molecular flexibility index (Phi) is 13.1. The Balaban J connectivity index is 0.000000289. The predicted octanol–water partition coefficient (Wildman–Crippen LogP) is 9.14. The second-order valence-corrected chi connectivity index (χ2v) is 13.9. The van der Waals surface area contributed by atoms with Gasteiger partial charge in [-0.2, -0.15) is 4.57 Å². The number of carbonyl (C=O) groups is 1. The molecule has 0 unspecified atom stereocenters. The van der Waals surface area contributed by atoms with Crippen LogP contribution >= 0.6 is 12.6 Å². The second-order valence-electron chi connectivity index (χ2n) is 13.4. The average molecular weight is 959 g/mol. The van der Waals surface area contributed by atoms with Crippen LogP contribution in [-0.2, 0) is 6.54 Å². The first kappa shape index (κ1) is 47.9. The van der Waals surface area contributed by atoms with Crippen LogP contribution in [0.25, 0.3) is 10.8 Å². The fourth-order valence-corrected chi connectivity index (χ4v) is 7.45. The smallest absolute Gasteiger partial charge is 0.245 e. The van der Waals surface area contributed by atoms with Gasteiger partial charge in [0, 0.05) is 11.6 Å². The molecule has 7 rings (SSSR count). The van der Waals surface area contributed by atoms with E-state index in [1.54, 1.807) is 0 Å². The summed E-state index contributed by atoms with van der Waals surface area (Å²) < 4.78 is 296. The predicted molar refractivity (Wildman–Crippen MR) is 191 cm³/mol. The Morgan fingerprint density at radius 1 is 0.385 bits per heavy atom. The molecule has 6 aromatic carbocycles. The molecule has 2 nitrogen and oxygen atoms in total. The van der Waals surface area contributed by atoms with Crippen molar-refractivity contribution in [2.24, 2.45) is 0 Å². The number of hydrogen-bond acceptors (Lipinski definition) is 2. The summed E-state index contributed by atoms with van der Waals surface area (Å²) in [6.45, 7) is 0.299. The highest BCUT2D eigenvalue weighted by Gasteiger charge is 2.52. The zero-order chi connectivity index (χ0) is 48.3. The lowest BCUT2D eigenvalue weighted by molar-refractivity contribution is -0.717. The van der Waals surface area contributed by atoms with Gasteiger partial charge in [-0.05, 0) is 11.5 Å². The van der Waals surface area contributed by atoms with E-state index in [9.17, 15) is 57.5 Å². The number of hydrogen-bond donors (Lipinski definition) is 1. The molecule has 1 heterocycles. The number of nitrogens with zero attached hydrogens (tertiary/aromatic N) is 1. The van der Waals surface area contributed by atoms with E-state index in [-0.39, 0.29) is 5.78 Å². The largest absolute Gasteiger partial charge is 0.287 e. The third-order valence-electron chi connectivity index (χ3n) is 10.0. The van der Waals surface area contributed by atoms with Crippen LogP contribution in [0.3, 0.4) is 0 Å². The van der Waals surface area contributed by atoms with Crippen molar-refractivity contribution in [2.75, 3.05) is 0 Å². The van der Waals surface area contributed by atoms with Crippen molar-refractivity contribution < 1.29 is 97.2 Å². The standard InChI is InChI=1S/C24BF20.C17H13NOS/c26-5-1(6(27)14(35)21(42)13(5)34)25(2-7(28)15(36)22(43)16(37)8(2)29,3-9(30)17(38)23(44)18(39)10(3)31)4-11(32)19(40)24(45)20(41)12(4)33;19-16(14-7-2-1-3-8-14)12-18-11-10-13-6-4-5-9-15(13)17(18)20/h;1-11H,12H2/q-1;/p+1. The van der Waals surface area contributed by atoms with Crippen molar-refractivity contribution in [3.63, 3.8) is 0 Å². The Morgan fingerprint density at radius 2 is 0.662 bits per heavy atom. The summed E-state index contributed by atoms with van der Waals surface area (Å²) in [6.07, 6.45) is -5.31. The lowest BCUT2D eigenvalue weighted by Gasteiger charge is -2.44. The summed E-state index contributed by atoms with van der Waals surface area (Å²) >= 11 is 4.56. The van der Waals surface area contributed by atoms with Gasteiger partial charge in [0.2, 0.25) is 17.4 Å². The molecule has 0 radical (unpaired) electrons. The van der Waals surface area contributed by atoms with Gasteiger partial charge in [0.25, 0.3) is 0 Å². The first-order chi connectivity index (χ1) is 30.5. The van der Waals surface area contributed by atoms with Crippen LogP contribution < -0.4 is 26.4 Å². The van der Waals surface area contributed by atoms with Crippen LogP contribution in [0, 0.1) is 116 Å². The summed E-state index contributed by atoms with van der Waals surface area (Å²) in [5.41, 5.74) is -13.6. The number of rotatable bonds is 7. The maximum atomic E-state index is 15.4. The second kappa shape index (κ2) is 17.8. The lowest BCUT2D eigenvalue weighted by atomic mass is 9.12. The maximum absolute atomic E-state index is 15.4. The summed E-state index contributed by atoms with van der Waals surface area (Å²) in [4.78, 5) is 12.2. The first-order valence-electron chi connectivity index (χ1n) is 17.4. The topological polar surface area (TPSA) is 20.9 Å². The van der Waals surface area contributed by atoms with Crippen LogP contribution in [0.5, 0.6) is 0 Å². The van der Waals surface area contributed by atoms with Crippen molar-refractivity contribution in [1.29, 1.82) is 0 Å². The fourth-order valence-electron chi connectivity index (χ4n) is 7.11. The van der Waals surface area contributed by atoms with Crippen LogP contribution in [0.4, 0.5) is 87.8 Å². The lowest BCUT2D eigenvalue weighted by Crippen LogP contribution is -2.81. The van der Waals surface area contributed by atoms with Gasteiger partial charge in [0.05, 0.1) is 5.39 Å². The Labute approximate surface area is 354 Å². The molecule has 0 fully saturated rings. The molecule has 65 heavy (non-hydrogen) atoms. The van der Waals surface area contributed by atoms with E-state index in [2.05, 4.69) is 12.6 Å². The number of Topliss-reactive ketones (excluding diaryl/α,β-unsaturated/α-hetero) is 1. The van der Waals surface area contributed by atoms with E-state index in [1.165, 1.54) is 0 Å². The van der Waals surface area contributed by atoms with E-state index in [0.29, 0.717) is 6.54 Å². The number of ketones is 1. The molecule has 0 aliphatic rings. The monoisotopic (exact) mass is 959 g/mol. The van der Waals surface area contributed by atoms with Crippen molar-refractivity contribution in [2.45, 2.75) is 11.6 Å². The van der Waals surface area contributed by atoms with Crippen LogP contribution in [0.15, 0.2) is 71.9 Å². The average Bonchev–Trinajstić information content (AvgIpc) is 3.30. The third-order valence-corrected chi connectivity index (χ3v) is 10.5. The summed E-state index contributed by atoms with van der Waals surface area (Å²) in [5, 5.41) is 2.99. The number of carbonyl (C=O) groups excluding carboxylic acids is 1. The van der Waals surface area contributed by atoms with Crippen molar-refractivity contribution in [1.82, 2.24) is 0 Å². The highest BCUT2D eigenvalue weighted by atomic mass is 32.1. The van der Waals surface area contributed by atoms with Crippen LogP contribution in [0.1, 0.15) is 10.4 Å². The van der Waals surface area contributed by atoms with Crippen LogP contribution in [0.2, 0.25) is 0 Å². The SMILES string of the molecule is Fc1c(F)c(F)c([B-](c2c(F)c(F)c(F)c(F)c2F)(c2c(F)c(F)c(F)c(F)c2F)c2c(F)c(F)c(F)c(F)c2F)c(F)c1F.O=C(C[n+]1ccc2ccccc2c1S)c1ccccc1. The van der Waals surface area contributed by atoms with E-state index in [0.717, 1.165) is 21.4 Å². The Bertz CT molecular complexity index is 2730. The molecule has 1 aromatic heterocycles. The van der Waals surface area contributed by atoms with Gasteiger partial charge in [-0.25, -0.2) is 87.8 Å². The molecule has 24 heteroatoms. The molecule has 0 N–H and O–H groups in total. The first-order valence-corrected chi connectivity index (χ1v) is 17.8. The van der Waals surface area contributed by atoms with E-state index < -0.39 is 144 Å². The van der Waals surface area contributed by atoms with Crippen molar-refractivity contribution >= 4 is 57.2 Å². The van der Waals surface area contributed by atoms with Gasteiger partial charge in [0.1, 0.15) is 52.7 Å². The van der Waals surface area contributed by atoms with E-state index >= 15 is 35.1 Å². The molecule has 0 aliphatic carbocycles. The third kappa shape index (κ3) is 7.49. The minimum atomic E-state index is -7.22. The Hall–Kier alpha value is -6.59. The van der Waals surface area contributed by atoms with Crippen molar-refractivity contribution in [3.05, 3.63) is 189 Å². The molecule has 0 amide bonds. The van der Waals surface area contributed by atoms with Gasteiger partial charge in [0.15, 0.2) is 76.0 Å². The number of benzene rings is 6. The van der Waals surface area contributed by atoms with Gasteiger partial charge in [-0.1, -0.05) is 61.2 Å². The van der Waals surface area contributed by atoms with Gasteiger partial charge < -0.3 is 0 Å². The quantitative estimate of drug-likeness (QED) is 0.0322. The summed E-state index contributed by atoms with van der Waals surface area (Å²) in [6, 6.07) is 19.4. The summed E-state index contributed by atoms with van der Waals surface area (Å²) in [5.74, 6) is -71.3. The Morgan fingerprint density at radius 3 is 0.985 bits per heavy atom. The molecule has 338 valence electrons. The molecule has 0 bridgehead atoms. The van der Waals surface area contributed by atoms with Crippen molar-refractivity contribution in [3.8, 4) is 0 Å². The molecule has 7 aromatic rings. The minimum absolute atomic E-state index is 0.0844. The molecule has 0 saturated carbocycles. The highest BCUT2D eigenvalue weighted by molar-refractivity contribution is 7.80. The number of thiol groups is 1. The maximum Gasteiger partial charge on any atom is 0.245 e. The van der Waals surface area contributed by atoms with Gasteiger partial charge in [-0.15, -0.1) is 21.9 Å². The number of fused-ring (bicyclic) bond motifs is 1. The van der Waals surface area contributed by atoms with Gasteiger partial charge >= 0.3 is 0 Å². The summed E-state index contributed by atoms with van der Waals surface area (Å²) in [7, 11) is 0. The highest BCUT2D eigenvalue weighted by Crippen LogP contribution is 2.31. The van der Waals surface area contributed by atoms with Gasteiger partial charge in [-0.3, -0.25) is 4.79 Å². The number of aromatic nitrogens is 1. The zero-order valence-corrected chi connectivity index (χ0v) is 31.9. The molecule has 0 aliphatic heterocycles. The molecule has 0 atom stereocenters. The molecular formula is C41H14BF20NOS.